The lowest BCUT2D eigenvalue weighted by Gasteiger charge is -2.31. The van der Waals surface area contributed by atoms with Crippen molar-refractivity contribution in [2.24, 2.45) is 0 Å². The van der Waals surface area contributed by atoms with Crippen molar-refractivity contribution in [3.05, 3.63) is 42.7 Å². The molecule has 0 radical (unpaired) electrons. The lowest BCUT2D eigenvalue weighted by molar-refractivity contribution is -0.157. The number of carbonyl (C=O) groups excluding carboxylic acids is 2. The minimum Gasteiger partial charge on any atom is -0.324 e. The number of thioether (sulfide) groups is 1. The number of carbonyl (C=O) groups is 2. The van der Waals surface area contributed by atoms with Gasteiger partial charge in [0.2, 0.25) is 11.8 Å². The van der Waals surface area contributed by atoms with Crippen molar-refractivity contribution < 1.29 is 22.8 Å². The highest BCUT2D eigenvalue weighted by Crippen LogP contribution is 2.41. The van der Waals surface area contributed by atoms with Gasteiger partial charge in [0.25, 0.3) is 0 Å². The Morgan fingerprint density at radius 3 is 2.71 bits per heavy atom. The van der Waals surface area contributed by atoms with E-state index in [1.54, 1.807) is 12.1 Å². The van der Waals surface area contributed by atoms with Gasteiger partial charge in [-0.2, -0.15) is 13.2 Å². The third-order valence-electron chi connectivity index (χ3n) is 5.10. The fourth-order valence-corrected chi connectivity index (χ4v) is 4.36. The molecular formula is C20H20F3N5O2S. The van der Waals surface area contributed by atoms with Crippen molar-refractivity contribution in [1.29, 1.82) is 0 Å². The van der Waals surface area contributed by atoms with Gasteiger partial charge in [0.05, 0.1) is 23.5 Å². The van der Waals surface area contributed by atoms with Crippen molar-refractivity contribution in [3.63, 3.8) is 0 Å². The van der Waals surface area contributed by atoms with Crippen molar-refractivity contribution >= 4 is 35.0 Å². The van der Waals surface area contributed by atoms with Crippen molar-refractivity contribution in [2.45, 2.75) is 49.1 Å². The first-order chi connectivity index (χ1) is 14.8. The first-order valence-electron chi connectivity index (χ1n) is 9.74. The molecule has 4 rings (SSSR count). The molecule has 1 aromatic carbocycles. The Bertz CT molecular complexity index is 1020. The van der Waals surface area contributed by atoms with Gasteiger partial charge in [0.15, 0.2) is 5.16 Å². The lowest BCUT2D eigenvalue weighted by Crippen LogP contribution is -2.50. The first-order valence-corrected chi connectivity index (χ1v) is 10.7. The van der Waals surface area contributed by atoms with Crippen LogP contribution in [0.1, 0.15) is 31.0 Å². The Morgan fingerprint density at radius 2 is 2.03 bits per heavy atom. The summed E-state index contributed by atoms with van der Waals surface area (Å²) in [4.78, 5) is 25.8. The maximum atomic E-state index is 13.8. The summed E-state index contributed by atoms with van der Waals surface area (Å²) in [5, 5.41) is 11.2. The minimum absolute atomic E-state index is 0.0208. The summed E-state index contributed by atoms with van der Waals surface area (Å²) in [6, 6.07) is 3.73. The van der Waals surface area contributed by atoms with Crippen LogP contribution in [0, 0.1) is 0 Å². The number of benzene rings is 1. The van der Waals surface area contributed by atoms with E-state index >= 15 is 0 Å². The number of allylic oxidation sites excluding steroid dienone is 1. The molecule has 0 bridgehead atoms. The molecule has 0 spiro atoms. The molecule has 1 atom stereocenters. The SMILES string of the molecule is C=CCn1c(SCC(=O)N2c3ccccc3NC(=O)CC2C(F)(F)F)nnc1C1CC1. The maximum absolute atomic E-state index is 13.8. The zero-order valence-electron chi connectivity index (χ0n) is 16.4. The van der Waals surface area contributed by atoms with E-state index in [9.17, 15) is 22.8 Å². The molecule has 1 aliphatic heterocycles. The molecule has 1 aliphatic carbocycles. The van der Waals surface area contributed by atoms with Gasteiger partial charge in [0, 0.05) is 12.5 Å². The molecule has 1 unspecified atom stereocenters. The van der Waals surface area contributed by atoms with E-state index in [0.29, 0.717) is 22.5 Å². The fourth-order valence-electron chi connectivity index (χ4n) is 3.54. The van der Waals surface area contributed by atoms with Gasteiger partial charge in [-0.05, 0) is 25.0 Å². The van der Waals surface area contributed by atoms with Crippen LogP contribution >= 0.6 is 11.8 Å². The lowest BCUT2D eigenvalue weighted by atomic mass is 10.1. The molecule has 1 N–H and O–H groups in total. The Hall–Kier alpha value is -2.82. The number of amides is 2. The van der Waals surface area contributed by atoms with Crippen molar-refractivity contribution in [2.75, 3.05) is 16.0 Å². The summed E-state index contributed by atoms with van der Waals surface area (Å²) >= 11 is 1.03. The molecule has 1 fully saturated rings. The number of nitrogens with zero attached hydrogens (tertiary/aromatic N) is 4. The number of fused-ring (bicyclic) bond motifs is 1. The molecule has 0 saturated heterocycles. The van der Waals surface area contributed by atoms with Crippen molar-refractivity contribution in [3.8, 4) is 0 Å². The van der Waals surface area contributed by atoms with E-state index < -0.39 is 30.5 Å². The smallest absolute Gasteiger partial charge is 0.324 e. The Labute approximate surface area is 180 Å². The van der Waals surface area contributed by atoms with E-state index in [-0.39, 0.29) is 17.1 Å². The van der Waals surface area contributed by atoms with Gasteiger partial charge in [0.1, 0.15) is 11.9 Å². The third-order valence-corrected chi connectivity index (χ3v) is 6.05. The summed E-state index contributed by atoms with van der Waals surface area (Å²) in [6.07, 6.45) is -1.93. The van der Waals surface area contributed by atoms with Crippen LogP contribution in [-0.2, 0) is 16.1 Å². The second kappa shape index (κ2) is 8.37. The van der Waals surface area contributed by atoms with Crippen LogP contribution in [0.2, 0.25) is 0 Å². The molecule has 11 heteroatoms. The fraction of sp³-hybridized carbons (Fsp3) is 0.400. The molecule has 2 aliphatic rings. The highest BCUT2D eigenvalue weighted by Gasteiger charge is 2.49. The van der Waals surface area contributed by atoms with Gasteiger partial charge < -0.3 is 9.88 Å². The highest BCUT2D eigenvalue weighted by atomic mass is 32.2. The maximum Gasteiger partial charge on any atom is 0.409 e. The number of hydrogen-bond donors (Lipinski definition) is 1. The molecule has 1 aromatic heterocycles. The Balaban J connectivity index is 1.61. The number of nitrogens with one attached hydrogen (secondary N) is 1. The summed E-state index contributed by atoms with van der Waals surface area (Å²) in [7, 11) is 0. The molecule has 7 nitrogen and oxygen atoms in total. The number of alkyl halides is 3. The van der Waals surface area contributed by atoms with Crippen LogP contribution < -0.4 is 10.2 Å². The van der Waals surface area contributed by atoms with Crippen LogP contribution in [0.5, 0.6) is 0 Å². The monoisotopic (exact) mass is 451 g/mol. The molecule has 2 amide bonds. The number of rotatable bonds is 6. The van der Waals surface area contributed by atoms with Crippen molar-refractivity contribution in [1.82, 2.24) is 14.8 Å². The zero-order valence-corrected chi connectivity index (χ0v) is 17.2. The predicted octanol–water partition coefficient (Wildman–Crippen LogP) is 3.74. The van der Waals surface area contributed by atoms with Gasteiger partial charge in [-0.25, -0.2) is 0 Å². The first kappa shape index (κ1) is 21.4. The summed E-state index contributed by atoms with van der Waals surface area (Å²) in [5.74, 6) is -0.718. The van der Waals surface area contributed by atoms with Gasteiger partial charge in [-0.1, -0.05) is 30.0 Å². The number of halogens is 3. The van der Waals surface area contributed by atoms with Gasteiger partial charge >= 0.3 is 6.18 Å². The van der Waals surface area contributed by atoms with Gasteiger partial charge in [-0.15, -0.1) is 16.8 Å². The topological polar surface area (TPSA) is 80.1 Å². The number of aromatic nitrogens is 3. The second-order valence-corrected chi connectivity index (χ2v) is 8.34. The van der Waals surface area contributed by atoms with E-state index in [1.807, 2.05) is 4.57 Å². The van der Waals surface area contributed by atoms with E-state index in [4.69, 9.17) is 0 Å². The average Bonchev–Trinajstić information content (AvgIpc) is 3.50. The molecular weight excluding hydrogens is 431 g/mol. The Morgan fingerprint density at radius 1 is 1.29 bits per heavy atom. The highest BCUT2D eigenvalue weighted by molar-refractivity contribution is 7.99. The van der Waals surface area contributed by atoms with Crippen LogP contribution in [0.15, 0.2) is 42.1 Å². The molecule has 1 saturated carbocycles. The Kier molecular flexibility index (Phi) is 5.78. The van der Waals surface area contributed by atoms with E-state index in [1.165, 1.54) is 18.2 Å². The standard InChI is InChI=1S/C20H20F3N5O2S/c1-2-9-27-18(12-7-8-12)25-26-19(27)31-11-17(30)28-14-6-4-3-5-13(14)24-16(29)10-15(28)20(21,22)23/h2-6,12,15H,1,7-11H2,(H,24,29). The van der Waals surface area contributed by atoms with Crippen LogP contribution in [-0.4, -0.2) is 44.5 Å². The quantitative estimate of drug-likeness (QED) is 0.535. The summed E-state index contributed by atoms with van der Waals surface area (Å²) in [5.41, 5.74) is 0.191. The predicted molar refractivity (Wildman–Crippen MR) is 110 cm³/mol. The van der Waals surface area contributed by atoms with Crippen LogP contribution in [0.4, 0.5) is 24.5 Å². The minimum atomic E-state index is -4.77. The molecule has 2 aromatic rings. The van der Waals surface area contributed by atoms with Crippen LogP contribution in [0.25, 0.3) is 0 Å². The summed E-state index contributed by atoms with van der Waals surface area (Å²) < 4.78 is 43.3. The van der Waals surface area contributed by atoms with Crippen LogP contribution in [0.3, 0.4) is 0 Å². The molecule has 2 heterocycles. The van der Waals surface area contributed by atoms with E-state index in [2.05, 4.69) is 22.1 Å². The zero-order chi connectivity index (χ0) is 22.2. The largest absolute Gasteiger partial charge is 0.409 e. The number of hydrogen-bond acceptors (Lipinski definition) is 5. The van der Waals surface area contributed by atoms with Gasteiger partial charge in [-0.3, -0.25) is 14.5 Å². The normalized spacial score (nSPS) is 18.9. The average molecular weight is 451 g/mol. The summed E-state index contributed by atoms with van der Waals surface area (Å²) in [6.45, 7) is 4.17. The second-order valence-electron chi connectivity index (χ2n) is 7.39. The third kappa shape index (κ3) is 4.46. The number of anilines is 2. The molecule has 164 valence electrons. The molecule has 31 heavy (non-hydrogen) atoms. The van der Waals surface area contributed by atoms with E-state index in [0.717, 1.165) is 30.4 Å². The number of para-hydroxylation sites is 2.